The molecule has 0 fully saturated rings. The van der Waals surface area contributed by atoms with Crippen LogP contribution in [0.1, 0.15) is 12.8 Å². The van der Waals surface area contributed by atoms with Crippen molar-refractivity contribution in [1.29, 1.82) is 0 Å². The van der Waals surface area contributed by atoms with Gasteiger partial charge in [0.1, 0.15) is 0 Å². The van der Waals surface area contributed by atoms with E-state index in [1.54, 1.807) is 0 Å². The standard InChI is InChI=1S/C10H6N2O9/c13-4-3-5-10(9(12(18)19)8(4)11(16)17)21-7(15)2-1-6(14)20-5/h3,13H,1-2H2. The van der Waals surface area contributed by atoms with E-state index in [0.717, 1.165) is 0 Å². The predicted octanol–water partition coefficient (Wildman–Crippen LogP) is 0.813. The van der Waals surface area contributed by atoms with Crippen LogP contribution in [0.4, 0.5) is 11.4 Å². The zero-order valence-electron chi connectivity index (χ0n) is 10.1. The van der Waals surface area contributed by atoms with Crippen molar-refractivity contribution in [3.05, 3.63) is 26.3 Å². The molecule has 1 aliphatic rings. The van der Waals surface area contributed by atoms with Crippen LogP contribution in [0.25, 0.3) is 0 Å². The summed E-state index contributed by atoms with van der Waals surface area (Å²) < 4.78 is 9.34. The lowest BCUT2D eigenvalue weighted by atomic mass is 10.2. The second-order valence-electron chi connectivity index (χ2n) is 3.88. The van der Waals surface area contributed by atoms with Gasteiger partial charge in [-0.1, -0.05) is 0 Å². The van der Waals surface area contributed by atoms with Gasteiger partial charge in [-0.25, -0.2) is 0 Å². The van der Waals surface area contributed by atoms with Crippen molar-refractivity contribution >= 4 is 23.3 Å². The molecular formula is C10H6N2O9. The summed E-state index contributed by atoms with van der Waals surface area (Å²) in [6.45, 7) is 0. The molecule has 11 heteroatoms. The molecule has 0 saturated carbocycles. The fraction of sp³-hybridized carbons (Fsp3) is 0.200. The van der Waals surface area contributed by atoms with Crippen molar-refractivity contribution in [1.82, 2.24) is 0 Å². The third-order valence-corrected chi connectivity index (χ3v) is 2.51. The number of rotatable bonds is 2. The minimum Gasteiger partial charge on any atom is -0.502 e. The van der Waals surface area contributed by atoms with Gasteiger partial charge in [0.2, 0.25) is 5.75 Å². The highest BCUT2D eigenvalue weighted by molar-refractivity contribution is 5.86. The number of nitro groups is 2. The topological polar surface area (TPSA) is 159 Å². The van der Waals surface area contributed by atoms with E-state index < -0.39 is 56.8 Å². The number of phenolic OH excluding ortho intramolecular Hbond substituents is 1. The summed E-state index contributed by atoms with van der Waals surface area (Å²) in [5, 5.41) is 31.3. The lowest BCUT2D eigenvalue weighted by Crippen LogP contribution is -2.19. The molecule has 0 unspecified atom stereocenters. The van der Waals surface area contributed by atoms with E-state index in [0.29, 0.717) is 6.07 Å². The van der Waals surface area contributed by atoms with Crippen LogP contribution in [0.2, 0.25) is 0 Å². The Hall–Kier alpha value is -3.24. The molecule has 1 aromatic carbocycles. The highest BCUT2D eigenvalue weighted by Crippen LogP contribution is 2.49. The third-order valence-electron chi connectivity index (χ3n) is 2.51. The maximum absolute atomic E-state index is 11.4. The monoisotopic (exact) mass is 298 g/mol. The molecule has 11 nitrogen and oxygen atoms in total. The van der Waals surface area contributed by atoms with E-state index in [9.17, 15) is 34.9 Å². The maximum atomic E-state index is 11.4. The number of benzene rings is 1. The van der Waals surface area contributed by atoms with Gasteiger partial charge in [0.15, 0.2) is 5.75 Å². The van der Waals surface area contributed by atoms with Crippen molar-refractivity contribution in [3.8, 4) is 17.2 Å². The Morgan fingerprint density at radius 1 is 1.00 bits per heavy atom. The Balaban J connectivity index is 2.78. The Kier molecular flexibility index (Phi) is 3.40. The van der Waals surface area contributed by atoms with Gasteiger partial charge in [-0.2, -0.15) is 0 Å². The second kappa shape index (κ2) is 5.03. The number of phenols is 1. The number of nitro benzene ring substituents is 2. The number of hydrogen-bond donors (Lipinski definition) is 1. The molecule has 2 rings (SSSR count). The number of ether oxygens (including phenoxy) is 2. The minimum absolute atomic E-state index is 0.330. The van der Waals surface area contributed by atoms with Gasteiger partial charge in [-0.15, -0.1) is 0 Å². The Bertz CT molecular complexity index is 682. The number of aromatic hydroxyl groups is 1. The van der Waals surface area contributed by atoms with Gasteiger partial charge >= 0.3 is 23.3 Å². The van der Waals surface area contributed by atoms with Crippen LogP contribution in [0, 0.1) is 20.2 Å². The van der Waals surface area contributed by atoms with E-state index in [2.05, 4.69) is 9.47 Å². The zero-order valence-corrected chi connectivity index (χ0v) is 10.1. The fourth-order valence-electron chi connectivity index (χ4n) is 1.67. The molecule has 1 N–H and O–H groups in total. The molecular weight excluding hydrogens is 292 g/mol. The lowest BCUT2D eigenvalue weighted by molar-refractivity contribution is -0.423. The van der Waals surface area contributed by atoms with Crippen molar-refractivity contribution < 1.29 is 34.0 Å². The zero-order chi connectivity index (χ0) is 15.7. The molecule has 21 heavy (non-hydrogen) atoms. The maximum Gasteiger partial charge on any atom is 0.396 e. The predicted molar refractivity (Wildman–Crippen MR) is 61.9 cm³/mol. The summed E-state index contributed by atoms with van der Waals surface area (Å²) >= 11 is 0. The molecule has 1 aliphatic heterocycles. The molecule has 110 valence electrons. The molecule has 0 bridgehead atoms. The Labute approximate surface area is 115 Å². The van der Waals surface area contributed by atoms with Gasteiger partial charge in [-0.3, -0.25) is 29.8 Å². The summed E-state index contributed by atoms with van der Waals surface area (Å²) in [7, 11) is 0. The van der Waals surface area contributed by atoms with Crippen LogP contribution >= 0.6 is 0 Å². The average molecular weight is 298 g/mol. The van der Waals surface area contributed by atoms with Gasteiger partial charge in [0, 0.05) is 6.07 Å². The third kappa shape index (κ3) is 2.56. The molecule has 0 aromatic heterocycles. The number of carbonyl (C=O) groups excluding carboxylic acids is 2. The Morgan fingerprint density at radius 2 is 1.52 bits per heavy atom. The first kappa shape index (κ1) is 14.2. The largest absolute Gasteiger partial charge is 0.502 e. The molecule has 0 saturated heterocycles. The number of nitrogens with zero attached hydrogens (tertiary/aromatic N) is 2. The molecule has 0 spiro atoms. The molecule has 1 aromatic rings. The van der Waals surface area contributed by atoms with E-state index in [1.165, 1.54) is 0 Å². The van der Waals surface area contributed by atoms with Gasteiger partial charge < -0.3 is 14.6 Å². The molecule has 0 atom stereocenters. The van der Waals surface area contributed by atoms with Crippen molar-refractivity contribution in [2.45, 2.75) is 12.8 Å². The van der Waals surface area contributed by atoms with Crippen molar-refractivity contribution in [2.75, 3.05) is 0 Å². The minimum atomic E-state index is -1.27. The number of esters is 2. The van der Waals surface area contributed by atoms with Crippen molar-refractivity contribution in [2.24, 2.45) is 0 Å². The summed E-state index contributed by atoms with van der Waals surface area (Å²) in [4.78, 5) is 42.1. The quantitative estimate of drug-likeness (QED) is 0.360. The van der Waals surface area contributed by atoms with E-state index in [4.69, 9.17) is 0 Å². The highest BCUT2D eigenvalue weighted by Gasteiger charge is 2.39. The van der Waals surface area contributed by atoms with Crippen LogP contribution in [-0.4, -0.2) is 26.9 Å². The van der Waals surface area contributed by atoms with Crippen LogP contribution in [-0.2, 0) is 9.59 Å². The molecule has 1 heterocycles. The van der Waals surface area contributed by atoms with Gasteiger partial charge in [0.25, 0.3) is 5.75 Å². The van der Waals surface area contributed by atoms with E-state index in [1.807, 2.05) is 0 Å². The van der Waals surface area contributed by atoms with Crippen LogP contribution in [0.5, 0.6) is 17.2 Å². The first-order valence-electron chi connectivity index (χ1n) is 5.41. The molecule has 0 amide bonds. The summed E-state index contributed by atoms with van der Waals surface area (Å²) in [5.41, 5.74) is -2.53. The Morgan fingerprint density at radius 3 is 2.05 bits per heavy atom. The van der Waals surface area contributed by atoms with Crippen molar-refractivity contribution in [3.63, 3.8) is 0 Å². The summed E-state index contributed by atoms with van der Waals surface area (Å²) in [5.74, 6) is -4.49. The summed E-state index contributed by atoms with van der Waals surface area (Å²) in [6, 6.07) is 0.608. The lowest BCUT2D eigenvalue weighted by Gasteiger charge is -2.14. The van der Waals surface area contributed by atoms with Gasteiger partial charge in [0.05, 0.1) is 22.7 Å². The number of carbonyl (C=O) groups is 2. The molecule has 0 aliphatic carbocycles. The average Bonchev–Trinajstić information content (AvgIpc) is 2.36. The highest BCUT2D eigenvalue weighted by atomic mass is 16.6. The van der Waals surface area contributed by atoms with Crippen LogP contribution in [0.15, 0.2) is 6.07 Å². The van der Waals surface area contributed by atoms with Gasteiger partial charge in [-0.05, 0) is 0 Å². The van der Waals surface area contributed by atoms with E-state index in [-0.39, 0.29) is 6.42 Å². The first-order chi connectivity index (χ1) is 9.81. The molecule has 0 radical (unpaired) electrons. The SMILES string of the molecule is O=C1CCC(=O)Oc2c(cc(O)c([N+](=O)[O-])c2[N+](=O)[O-])O1. The summed E-state index contributed by atoms with van der Waals surface area (Å²) in [6.07, 6.45) is -0.728. The second-order valence-corrected chi connectivity index (χ2v) is 3.88. The van der Waals surface area contributed by atoms with E-state index >= 15 is 0 Å². The van der Waals surface area contributed by atoms with Crippen LogP contribution in [0.3, 0.4) is 0 Å². The fourth-order valence-corrected chi connectivity index (χ4v) is 1.67. The normalized spacial score (nSPS) is 14.3. The number of hydrogen-bond acceptors (Lipinski definition) is 9. The number of fused-ring (bicyclic) bond motifs is 1. The smallest absolute Gasteiger partial charge is 0.396 e. The van der Waals surface area contributed by atoms with Crippen LogP contribution < -0.4 is 9.47 Å². The first-order valence-corrected chi connectivity index (χ1v) is 5.41.